The normalized spacial score (nSPS) is 24.0. The number of rotatable bonds is 6. The van der Waals surface area contributed by atoms with Crippen LogP contribution in [0.5, 0.6) is 0 Å². The molecule has 1 aliphatic rings. The van der Waals surface area contributed by atoms with E-state index in [-0.39, 0.29) is 5.92 Å². The van der Waals surface area contributed by atoms with Crippen molar-refractivity contribution >= 4 is 0 Å². The van der Waals surface area contributed by atoms with Crippen molar-refractivity contribution in [2.24, 2.45) is 0 Å². The van der Waals surface area contributed by atoms with Gasteiger partial charge in [0.15, 0.2) is 0 Å². The summed E-state index contributed by atoms with van der Waals surface area (Å²) >= 11 is 0. The summed E-state index contributed by atoms with van der Waals surface area (Å²) in [7, 11) is 1.64. The highest BCUT2D eigenvalue weighted by Gasteiger charge is 2.34. The van der Waals surface area contributed by atoms with Crippen molar-refractivity contribution in [2.45, 2.75) is 51.2 Å². The van der Waals surface area contributed by atoms with Gasteiger partial charge >= 0.3 is 0 Å². The van der Waals surface area contributed by atoms with Gasteiger partial charge in [0, 0.05) is 19.8 Å². The highest BCUT2D eigenvalue weighted by atomic mass is 16.5. The molecule has 20 heavy (non-hydrogen) atoms. The summed E-state index contributed by atoms with van der Waals surface area (Å²) in [5.74, 6) is 1.33. The van der Waals surface area contributed by atoms with E-state index in [9.17, 15) is 0 Å². The molecule has 0 aromatic carbocycles. The van der Waals surface area contributed by atoms with Gasteiger partial charge in [-0.2, -0.15) is 4.98 Å². The molecule has 1 aliphatic heterocycles. The number of hydrogen-bond donors (Lipinski definition) is 1. The first-order chi connectivity index (χ1) is 9.58. The third-order valence-electron chi connectivity index (χ3n) is 3.82. The van der Waals surface area contributed by atoms with Gasteiger partial charge in [0.1, 0.15) is 5.60 Å². The van der Waals surface area contributed by atoms with Crippen molar-refractivity contribution in [3.05, 3.63) is 11.7 Å². The number of methoxy groups -OCH3 is 1. The third-order valence-corrected chi connectivity index (χ3v) is 3.82. The van der Waals surface area contributed by atoms with Gasteiger partial charge in [-0.05, 0) is 33.2 Å². The number of nitrogens with one attached hydrogen (secondary N) is 1. The van der Waals surface area contributed by atoms with E-state index in [4.69, 9.17) is 14.0 Å². The van der Waals surface area contributed by atoms with Crippen molar-refractivity contribution in [2.75, 3.05) is 26.9 Å². The zero-order chi connectivity index (χ0) is 14.6. The molecule has 6 heteroatoms. The minimum absolute atomic E-state index is 0.115. The average molecular weight is 283 g/mol. The minimum Gasteiger partial charge on any atom is -0.381 e. The van der Waals surface area contributed by atoms with Crippen LogP contribution < -0.4 is 5.32 Å². The summed E-state index contributed by atoms with van der Waals surface area (Å²) in [5, 5.41) is 7.60. The minimum atomic E-state index is -0.538. The summed E-state index contributed by atoms with van der Waals surface area (Å²) in [6, 6.07) is 0.336. The Morgan fingerprint density at radius 1 is 1.45 bits per heavy atom. The van der Waals surface area contributed by atoms with Gasteiger partial charge < -0.3 is 19.3 Å². The lowest BCUT2D eigenvalue weighted by atomic mass is 9.95. The Morgan fingerprint density at radius 2 is 2.25 bits per heavy atom. The van der Waals surface area contributed by atoms with E-state index < -0.39 is 5.60 Å². The van der Waals surface area contributed by atoms with Gasteiger partial charge in [0.05, 0.1) is 12.5 Å². The average Bonchev–Trinajstić information content (AvgIpc) is 2.96. The maximum atomic E-state index is 5.57. The zero-order valence-corrected chi connectivity index (χ0v) is 12.8. The van der Waals surface area contributed by atoms with Crippen LogP contribution in [-0.4, -0.2) is 43.1 Å². The van der Waals surface area contributed by atoms with Crippen LogP contribution in [0.1, 0.15) is 51.2 Å². The standard InChI is InChI=1S/C14H25N3O3/c1-5-7-15-11-6-8-19-9-10(11)12-16-13(17-20-12)14(2,3)18-4/h10-11,15H,5-9H2,1-4H3. The second-order valence-electron chi connectivity index (χ2n) is 5.70. The quantitative estimate of drug-likeness (QED) is 0.859. The summed E-state index contributed by atoms with van der Waals surface area (Å²) in [6.45, 7) is 8.40. The van der Waals surface area contributed by atoms with E-state index in [0.717, 1.165) is 26.0 Å². The van der Waals surface area contributed by atoms with Crippen molar-refractivity contribution in [1.29, 1.82) is 0 Å². The van der Waals surface area contributed by atoms with Gasteiger partial charge in [-0.25, -0.2) is 0 Å². The summed E-state index contributed by atoms with van der Waals surface area (Å²) < 4.78 is 16.4. The van der Waals surface area contributed by atoms with E-state index in [1.54, 1.807) is 7.11 Å². The van der Waals surface area contributed by atoms with Crippen LogP contribution in [0.2, 0.25) is 0 Å². The Hall–Kier alpha value is -0.980. The fourth-order valence-corrected chi connectivity index (χ4v) is 2.28. The van der Waals surface area contributed by atoms with Crippen molar-refractivity contribution in [1.82, 2.24) is 15.5 Å². The third kappa shape index (κ3) is 3.37. The molecule has 0 saturated carbocycles. The van der Waals surface area contributed by atoms with Gasteiger partial charge in [-0.15, -0.1) is 0 Å². The first-order valence-electron chi connectivity index (χ1n) is 7.29. The lowest BCUT2D eigenvalue weighted by molar-refractivity contribution is 0.00973. The second kappa shape index (κ2) is 6.65. The molecule has 0 aliphatic carbocycles. The fourth-order valence-electron chi connectivity index (χ4n) is 2.28. The molecule has 2 heterocycles. The molecule has 1 fully saturated rings. The van der Waals surface area contributed by atoms with E-state index in [1.807, 2.05) is 13.8 Å². The summed E-state index contributed by atoms with van der Waals surface area (Å²) in [5.41, 5.74) is -0.538. The Labute approximate surface area is 120 Å². The molecule has 0 amide bonds. The molecule has 2 unspecified atom stereocenters. The molecule has 1 saturated heterocycles. The SMILES string of the molecule is CCCNC1CCOCC1c1nc(C(C)(C)OC)no1. The highest BCUT2D eigenvalue weighted by molar-refractivity contribution is 5.04. The maximum Gasteiger partial charge on any atom is 0.233 e. The second-order valence-corrected chi connectivity index (χ2v) is 5.70. The van der Waals surface area contributed by atoms with E-state index in [2.05, 4.69) is 22.4 Å². The molecule has 114 valence electrons. The van der Waals surface area contributed by atoms with E-state index in [1.165, 1.54) is 0 Å². The molecule has 2 rings (SSSR count). The van der Waals surface area contributed by atoms with E-state index >= 15 is 0 Å². The molecule has 0 bridgehead atoms. The number of hydrogen-bond acceptors (Lipinski definition) is 6. The molecule has 1 aromatic heterocycles. The Bertz CT molecular complexity index is 420. The molecule has 1 N–H and O–H groups in total. The molecule has 2 atom stereocenters. The predicted molar refractivity (Wildman–Crippen MR) is 74.6 cm³/mol. The van der Waals surface area contributed by atoms with Crippen molar-refractivity contribution in [3.8, 4) is 0 Å². The van der Waals surface area contributed by atoms with Gasteiger partial charge in [-0.3, -0.25) is 0 Å². The highest BCUT2D eigenvalue weighted by Crippen LogP contribution is 2.27. The molecule has 0 radical (unpaired) electrons. The van der Waals surface area contributed by atoms with Crippen LogP contribution >= 0.6 is 0 Å². The largest absolute Gasteiger partial charge is 0.381 e. The fraction of sp³-hybridized carbons (Fsp3) is 0.857. The number of ether oxygens (including phenoxy) is 2. The molecule has 1 aromatic rings. The zero-order valence-electron chi connectivity index (χ0n) is 12.8. The molecular weight excluding hydrogens is 258 g/mol. The first kappa shape index (κ1) is 15.4. The molecule has 0 spiro atoms. The summed E-state index contributed by atoms with van der Waals surface area (Å²) in [4.78, 5) is 4.51. The Balaban J connectivity index is 2.12. The van der Waals surface area contributed by atoms with E-state index in [0.29, 0.717) is 24.4 Å². The topological polar surface area (TPSA) is 69.4 Å². The van der Waals surface area contributed by atoms with Gasteiger partial charge in [-0.1, -0.05) is 12.1 Å². The monoisotopic (exact) mass is 283 g/mol. The van der Waals surface area contributed by atoms with Crippen LogP contribution in [0.4, 0.5) is 0 Å². The van der Waals surface area contributed by atoms with Gasteiger partial charge in [0.25, 0.3) is 0 Å². The lowest BCUT2D eigenvalue weighted by Crippen LogP contribution is -2.41. The Kier molecular flexibility index (Phi) is 5.12. The number of nitrogens with zero attached hydrogens (tertiary/aromatic N) is 2. The molecular formula is C14H25N3O3. The number of aromatic nitrogens is 2. The summed E-state index contributed by atoms with van der Waals surface area (Å²) in [6.07, 6.45) is 2.08. The molecule has 6 nitrogen and oxygen atoms in total. The van der Waals surface area contributed by atoms with Crippen molar-refractivity contribution in [3.63, 3.8) is 0 Å². The van der Waals surface area contributed by atoms with Crippen LogP contribution in [0.15, 0.2) is 4.52 Å². The smallest absolute Gasteiger partial charge is 0.233 e. The predicted octanol–water partition coefficient (Wildman–Crippen LogP) is 1.82. The van der Waals surface area contributed by atoms with Gasteiger partial charge in [0.2, 0.25) is 11.7 Å². The van der Waals surface area contributed by atoms with Crippen molar-refractivity contribution < 1.29 is 14.0 Å². The van der Waals surface area contributed by atoms with Crippen LogP contribution in [0, 0.1) is 0 Å². The Morgan fingerprint density at radius 3 is 2.95 bits per heavy atom. The van der Waals surface area contributed by atoms with Crippen LogP contribution in [-0.2, 0) is 15.1 Å². The van der Waals surface area contributed by atoms with Crippen LogP contribution in [0.3, 0.4) is 0 Å². The lowest BCUT2D eigenvalue weighted by Gasteiger charge is -2.29. The van der Waals surface area contributed by atoms with Crippen LogP contribution in [0.25, 0.3) is 0 Å². The first-order valence-corrected chi connectivity index (χ1v) is 7.29. The maximum absolute atomic E-state index is 5.57.